The number of hydrogen-bond acceptors (Lipinski definition) is 4. The number of methoxy groups -OCH3 is 1. The third-order valence-electron chi connectivity index (χ3n) is 6.88. The van der Waals surface area contributed by atoms with Gasteiger partial charge in [0.25, 0.3) is 0 Å². The summed E-state index contributed by atoms with van der Waals surface area (Å²) >= 11 is 0. The number of rotatable bonds is 7. The minimum absolute atomic E-state index is 0.117. The van der Waals surface area contributed by atoms with Gasteiger partial charge in [0.2, 0.25) is 10.0 Å². The topological polar surface area (TPSA) is 72.5 Å². The fraction of sp³-hybridized carbons (Fsp3) is 0.650. The van der Waals surface area contributed by atoms with Crippen molar-refractivity contribution < 1.29 is 17.9 Å². The van der Waals surface area contributed by atoms with Gasteiger partial charge < -0.3 is 4.74 Å². The number of ether oxygens (including phenoxy) is 1. The monoisotopic (exact) mass is 379 g/mol. The minimum Gasteiger partial charge on any atom is -0.375 e. The average Bonchev–Trinajstić information content (AvgIpc) is 2.90. The molecule has 1 aromatic rings. The van der Waals surface area contributed by atoms with E-state index in [-0.39, 0.29) is 29.6 Å². The summed E-state index contributed by atoms with van der Waals surface area (Å²) in [5.41, 5.74) is 1.03. The molecule has 6 heteroatoms. The van der Waals surface area contributed by atoms with Crippen LogP contribution in [0.2, 0.25) is 0 Å². The Kier molecular flexibility index (Phi) is 5.05. The molecule has 26 heavy (non-hydrogen) atoms. The van der Waals surface area contributed by atoms with Crippen LogP contribution in [-0.2, 0) is 19.6 Å². The molecular weight excluding hydrogens is 350 g/mol. The highest BCUT2D eigenvalue weighted by Crippen LogP contribution is 2.64. The molecule has 0 aromatic heterocycles. The maximum absolute atomic E-state index is 12.8. The molecule has 0 saturated heterocycles. The standard InChI is InChI=1S/C20H29NO4S/c1-14-7-5-6-8-16(14)17(25-4)12-21-26(23,24)13-20-10-9-15(11-18(20)22)19(20,2)3/h5-8,15,17,21H,9-13H2,1-4H3. The summed E-state index contributed by atoms with van der Waals surface area (Å²) in [5.74, 6) is 0.308. The van der Waals surface area contributed by atoms with Gasteiger partial charge in [-0.15, -0.1) is 0 Å². The molecule has 2 aliphatic rings. The van der Waals surface area contributed by atoms with E-state index in [2.05, 4.69) is 18.6 Å². The number of Topliss-reactive ketones (excluding diaryl/α,β-unsaturated/α-hetero) is 1. The number of carbonyl (C=O) groups excluding carboxylic acids is 1. The Labute approximate surface area is 156 Å². The Hall–Kier alpha value is -1.24. The summed E-state index contributed by atoms with van der Waals surface area (Å²) in [6.45, 7) is 6.25. The molecule has 0 heterocycles. The predicted molar refractivity (Wildman–Crippen MR) is 101 cm³/mol. The molecule has 3 unspecified atom stereocenters. The quantitative estimate of drug-likeness (QED) is 0.790. The fourth-order valence-corrected chi connectivity index (χ4v) is 6.79. The highest BCUT2D eigenvalue weighted by atomic mass is 32.2. The zero-order chi connectivity index (χ0) is 19.2. The lowest BCUT2D eigenvalue weighted by Gasteiger charge is -2.36. The van der Waals surface area contributed by atoms with Crippen LogP contribution in [-0.4, -0.2) is 33.6 Å². The van der Waals surface area contributed by atoms with E-state index in [1.807, 2.05) is 31.2 Å². The van der Waals surface area contributed by atoms with Crippen LogP contribution in [0, 0.1) is 23.7 Å². The SMILES string of the molecule is COC(CNS(=O)(=O)CC12CCC(CC1=O)C2(C)C)c1ccccc1C. The van der Waals surface area contributed by atoms with Crippen molar-refractivity contribution >= 4 is 15.8 Å². The Morgan fingerprint density at radius 1 is 1.31 bits per heavy atom. The van der Waals surface area contributed by atoms with Crippen LogP contribution < -0.4 is 4.72 Å². The van der Waals surface area contributed by atoms with E-state index in [4.69, 9.17) is 4.74 Å². The number of sulfonamides is 1. The van der Waals surface area contributed by atoms with Crippen molar-refractivity contribution in [2.24, 2.45) is 16.7 Å². The van der Waals surface area contributed by atoms with Gasteiger partial charge in [-0.2, -0.15) is 0 Å². The van der Waals surface area contributed by atoms with Gasteiger partial charge in [-0.05, 0) is 42.2 Å². The first-order chi connectivity index (χ1) is 12.1. The van der Waals surface area contributed by atoms with Crippen molar-refractivity contribution in [3.05, 3.63) is 35.4 Å². The van der Waals surface area contributed by atoms with Gasteiger partial charge in [0, 0.05) is 25.5 Å². The molecule has 5 nitrogen and oxygen atoms in total. The van der Waals surface area contributed by atoms with Crippen molar-refractivity contribution in [1.82, 2.24) is 4.72 Å². The molecule has 0 aliphatic heterocycles. The first-order valence-corrected chi connectivity index (χ1v) is 10.9. The van der Waals surface area contributed by atoms with Crippen molar-refractivity contribution in [2.45, 2.75) is 46.1 Å². The second-order valence-corrected chi connectivity index (χ2v) is 10.2. The first kappa shape index (κ1) is 19.5. The lowest BCUT2D eigenvalue weighted by Crippen LogP contribution is -2.46. The lowest BCUT2D eigenvalue weighted by molar-refractivity contribution is -0.128. The van der Waals surface area contributed by atoms with Crippen molar-refractivity contribution in [1.29, 1.82) is 0 Å². The van der Waals surface area contributed by atoms with E-state index in [1.54, 1.807) is 7.11 Å². The van der Waals surface area contributed by atoms with E-state index >= 15 is 0 Å². The number of nitrogens with one attached hydrogen (secondary N) is 1. The summed E-state index contributed by atoms with van der Waals surface area (Å²) in [5, 5.41) is 0. The summed E-state index contributed by atoms with van der Waals surface area (Å²) in [7, 11) is -2.01. The Morgan fingerprint density at radius 3 is 2.54 bits per heavy atom. The molecule has 3 atom stereocenters. The van der Waals surface area contributed by atoms with Gasteiger partial charge in [0.1, 0.15) is 5.78 Å². The molecular formula is C20H29NO4S. The van der Waals surface area contributed by atoms with Gasteiger partial charge >= 0.3 is 0 Å². The minimum atomic E-state index is -3.59. The van der Waals surface area contributed by atoms with Gasteiger partial charge in [-0.1, -0.05) is 38.1 Å². The average molecular weight is 380 g/mol. The van der Waals surface area contributed by atoms with Crippen LogP contribution in [0.1, 0.15) is 50.3 Å². The third kappa shape index (κ3) is 3.12. The first-order valence-electron chi connectivity index (χ1n) is 9.22. The van der Waals surface area contributed by atoms with Crippen LogP contribution >= 0.6 is 0 Å². The maximum Gasteiger partial charge on any atom is 0.212 e. The van der Waals surface area contributed by atoms with Crippen LogP contribution in [0.4, 0.5) is 0 Å². The Balaban J connectivity index is 1.74. The van der Waals surface area contributed by atoms with E-state index < -0.39 is 15.4 Å². The van der Waals surface area contributed by atoms with Gasteiger partial charge in [-0.25, -0.2) is 13.1 Å². The Bertz CT molecular complexity index is 802. The molecule has 3 rings (SSSR count). The number of hydrogen-bond donors (Lipinski definition) is 1. The summed E-state index contributed by atoms with van der Waals surface area (Å²) in [4.78, 5) is 12.6. The second-order valence-electron chi connectivity index (χ2n) is 8.36. The van der Waals surface area contributed by atoms with Gasteiger partial charge in [0.05, 0.1) is 11.9 Å². The molecule has 2 fully saturated rings. The molecule has 0 spiro atoms. The molecule has 144 valence electrons. The van der Waals surface area contributed by atoms with Crippen LogP contribution in [0.3, 0.4) is 0 Å². The predicted octanol–water partition coefficient (Wildman–Crippen LogP) is 3.00. The largest absolute Gasteiger partial charge is 0.375 e. The van der Waals surface area contributed by atoms with Crippen molar-refractivity contribution in [3.8, 4) is 0 Å². The highest BCUT2D eigenvalue weighted by Gasteiger charge is 2.65. The maximum atomic E-state index is 12.8. The number of ketones is 1. The van der Waals surface area contributed by atoms with Gasteiger partial charge in [0.15, 0.2) is 0 Å². The summed E-state index contributed by atoms with van der Waals surface area (Å²) in [6.07, 6.45) is 1.78. The lowest BCUT2D eigenvalue weighted by atomic mass is 9.70. The number of aryl methyl sites for hydroxylation is 1. The molecule has 0 amide bonds. The molecule has 0 radical (unpaired) electrons. The van der Waals surface area contributed by atoms with Crippen LogP contribution in [0.15, 0.2) is 24.3 Å². The van der Waals surface area contributed by atoms with Crippen molar-refractivity contribution in [3.63, 3.8) is 0 Å². The van der Waals surface area contributed by atoms with Crippen LogP contribution in [0.25, 0.3) is 0 Å². The second kappa shape index (κ2) is 6.73. The summed E-state index contributed by atoms with van der Waals surface area (Å²) in [6, 6.07) is 7.79. The molecule has 2 bridgehead atoms. The van der Waals surface area contributed by atoms with E-state index in [1.165, 1.54) is 0 Å². The normalized spacial score (nSPS) is 28.5. The fourth-order valence-electron chi connectivity index (χ4n) is 4.95. The molecule has 2 aliphatic carbocycles. The summed E-state index contributed by atoms with van der Waals surface area (Å²) < 4.78 is 33.8. The smallest absolute Gasteiger partial charge is 0.212 e. The van der Waals surface area contributed by atoms with Gasteiger partial charge in [-0.3, -0.25) is 4.79 Å². The highest BCUT2D eigenvalue weighted by molar-refractivity contribution is 7.89. The van der Waals surface area contributed by atoms with Crippen LogP contribution in [0.5, 0.6) is 0 Å². The number of fused-ring (bicyclic) bond motifs is 2. The Morgan fingerprint density at radius 2 is 2.00 bits per heavy atom. The zero-order valence-corrected chi connectivity index (χ0v) is 16.9. The van der Waals surface area contributed by atoms with Crippen molar-refractivity contribution in [2.75, 3.05) is 19.4 Å². The zero-order valence-electron chi connectivity index (χ0n) is 16.0. The van der Waals surface area contributed by atoms with E-state index in [9.17, 15) is 13.2 Å². The van der Waals surface area contributed by atoms with E-state index in [0.29, 0.717) is 18.8 Å². The number of carbonyl (C=O) groups is 1. The number of benzene rings is 1. The third-order valence-corrected chi connectivity index (χ3v) is 8.36. The van der Waals surface area contributed by atoms with E-state index in [0.717, 1.165) is 17.5 Å². The molecule has 2 saturated carbocycles. The molecule has 1 aromatic carbocycles. The molecule has 1 N–H and O–H groups in total.